The normalized spacial score (nSPS) is 12.9. The van der Waals surface area contributed by atoms with Gasteiger partial charge < -0.3 is 10.1 Å². The molecule has 0 fully saturated rings. The summed E-state index contributed by atoms with van der Waals surface area (Å²) in [7, 11) is 0. The highest BCUT2D eigenvalue weighted by atomic mass is 35.5. The number of nitrogens with one attached hydrogen (secondary N) is 1. The highest BCUT2D eigenvalue weighted by Gasteiger charge is 2.12. The number of halogens is 2. The number of rotatable bonds is 3. The van der Waals surface area contributed by atoms with Gasteiger partial charge in [-0.2, -0.15) is 0 Å². The van der Waals surface area contributed by atoms with E-state index in [0.717, 1.165) is 24.3 Å². The average molecular weight is 278 g/mol. The van der Waals surface area contributed by atoms with E-state index in [1.165, 1.54) is 11.6 Å². The summed E-state index contributed by atoms with van der Waals surface area (Å²) in [6, 6.07) is 10.7. The van der Waals surface area contributed by atoms with Gasteiger partial charge in [0.25, 0.3) is 0 Å². The Hall–Kier alpha value is -1.74. The van der Waals surface area contributed by atoms with Crippen molar-refractivity contribution in [1.29, 1.82) is 0 Å². The quantitative estimate of drug-likeness (QED) is 0.915. The van der Waals surface area contributed by atoms with Gasteiger partial charge in [0.2, 0.25) is 0 Å². The fourth-order valence-corrected chi connectivity index (χ4v) is 2.44. The van der Waals surface area contributed by atoms with Gasteiger partial charge in [0.05, 0.1) is 17.3 Å². The second-order valence-electron chi connectivity index (χ2n) is 4.49. The molecule has 0 radical (unpaired) electrons. The monoisotopic (exact) mass is 277 g/mol. The van der Waals surface area contributed by atoms with Crippen LogP contribution < -0.4 is 10.1 Å². The van der Waals surface area contributed by atoms with E-state index in [-0.39, 0.29) is 5.82 Å². The first kappa shape index (κ1) is 12.3. The van der Waals surface area contributed by atoms with E-state index in [1.54, 1.807) is 12.1 Å². The number of benzene rings is 2. The minimum atomic E-state index is -0.336. The van der Waals surface area contributed by atoms with Crippen LogP contribution in [0.25, 0.3) is 0 Å². The van der Waals surface area contributed by atoms with Crippen LogP contribution in [0.5, 0.6) is 5.75 Å². The first-order valence-electron chi connectivity index (χ1n) is 6.16. The molecule has 2 aromatic rings. The molecule has 0 saturated heterocycles. The van der Waals surface area contributed by atoms with E-state index < -0.39 is 0 Å². The molecule has 2 aromatic carbocycles. The molecular formula is C15H13ClFNO. The fraction of sp³-hybridized carbons (Fsp3) is 0.200. The minimum Gasteiger partial charge on any atom is -0.493 e. The molecule has 1 aliphatic heterocycles. The predicted molar refractivity (Wildman–Crippen MR) is 74.4 cm³/mol. The highest BCUT2D eigenvalue weighted by molar-refractivity contribution is 6.33. The molecule has 0 amide bonds. The van der Waals surface area contributed by atoms with Gasteiger partial charge >= 0.3 is 0 Å². The SMILES string of the molecule is Fc1cccc(Cl)c1NCc1ccc2c(c1)CCO2. The van der Waals surface area contributed by atoms with Crippen molar-refractivity contribution in [2.45, 2.75) is 13.0 Å². The van der Waals surface area contributed by atoms with E-state index >= 15 is 0 Å². The summed E-state index contributed by atoms with van der Waals surface area (Å²) in [5.41, 5.74) is 2.64. The predicted octanol–water partition coefficient (Wildman–Crippen LogP) is 4.03. The molecule has 2 nitrogen and oxygen atoms in total. The standard InChI is InChI=1S/C15H13ClFNO/c16-12-2-1-3-13(17)15(12)18-9-10-4-5-14-11(8-10)6-7-19-14/h1-5,8,18H,6-7,9H2. The molecule has 1 N–H and O–H groups in total. The fourth-order valence-electron chi connectivity index (χ4n) is 2.21. The van der Waals surface area contributed by atoms with Crippen LogP contribution in [0, 0.1) is 5.82 Å². The summed E-state index contributed by atoms with van der Waals surface area (Å²) in [5.74, 6) is 0.615. The first-order valence-corrected chi connectivity index (χ1v) is 6.54. The molecule has 0 atom stereocenters. The Kier molecular flexibility index (Phi) is 3.30. The molecular weight excluding hydrogens is 265 g/mol. The molecule has 1 heterocycles. The Morgan fingerprint density at radius 2 is 2.16 bits per heavy atom. The maximum absolute atomic E-state index is 13.6. The molecule has 0 unspecified atom stereocenters. The zero-order chi connectivity index (χ0) is 13.2. The van der Waals surface area contributed by atoms with Gasteiger partial charge in [0, 0.05) is 13.0 Å². The number of ether oxygens (including phenoxy) is 1. The molecule has 98 valence electrons. The minimum absolute atomic E-state index is 0.336. The maximum atomic E-state index is 13.6. The van der Waals surface area contributed by atoms with E-state index in [0.29, 0.717) is 17.3 Å². The summed E-state index contributed by atoms with van der Waals surface area (Å²) < 4.78 is 19.1. The van der Waals surface area contributed by atoms with Crippen LogP contribution in [-0.4, -0.2) is 6.61 Å². The number of anilines is 1. The zero-order valence-corrected chi connectivity index (χ0v) is 11.0. The second-order valence-corrected chi connectivity index (χ2v) is 4.90. The molecule has 0 saturated carbocycles. The molecule has 3 rings (SSSR count). The highest BCUT2D eigenvalue weighted by Crippen LogP contribution is 2.28. The van der Waals surface area contributed by atoms with Crippen LogP contribution in [0.15, 0.2) is 36.4 Å². The van der Waals surface area contributed by atoms with Crippen molar-refractivity contribution in [3.8, 4) is 5.75 Å². The van der Waals surface area contributed by atoms with Crippen LogP contribution >= 0.6 is 11.6 Å². The van der Waals surface area contributed by atoms with Crippen LogP contribution in [0.3, 0.4) is 0 Å². The maximum Gasteiger partial charge on any atom is 0.147 e. The van der Waals surface area contributed by atoms with Crippen molar-refractivity contribution in [2.24, 2.45) is 0 Å². The number of hydrogen-bond acceptors (Lipinski definition) is 2. The van der Waals surface area contributed by atoms with E-state index in [2.05, 4.69) is 11.4 Å². The van der Waals surface area contributed by atoms with Crippen LogP contribution in [0.4, 0.5) is 10.1 Å². The van der Waals surface area contributed by atoms with E-state index in [9.17, 15) is 4.39 Å². The lowest BCUT2D eigenvalue weighted by Crippen LogP contribution is -2.02. The van der Waals surface area contributed by atoms with Crippen molar-refractivity contribution in [3.05, 3.63) is 58.4 Å². The summed E-state index contributed by atoms with van der Waals surface area (Å²) in [4.78, 5) is 0. The van der Waals surface area contributed by atoms with Crippen molar-refractivity contribution < 1.29 is 9.13 Å². The third-order valence-electron chi connectivity index (χ3n) is 3.19. The van der Waals surface area contributed by atoms with Crippen molar-refractivity contribution in [1.82, 2.24) is 0 Å². The lowest BCUT2D eigenvalue weighted by Gasteiger charge is -2.10. The van der Waals surface area contributed by atoms with Crippen molar-refractivity contribution in [3.63, 3.8) is 0 Å². The molecule has 19 heavy (non-hydrogen) atoms. The Morgan fingerprint density at radius 1 is 1.26 bits per heavy atom. The average Bonchev–Trinajstić information content (AvgIpc) is 2.85. The molecule has 4 heteroatoms. The summed E-state index contributed by atoms with van der Waals surface area (Å²) in [6.07, 6.45) is 0.934. The van der Waals surface area contributed by atoms with Crippen LogP contribution in [-0.2, 0) is 13.0 Å². The zero-order valence-electron chi connectivity index (χ0n) is 10.2. The molecule has 0 aliphatic carbocycles. The van der Waals surface area contributed by atoms with E-state index in [1.807, 2.05) is 12.1 Å². The van der Waals surface area contributed by atoms with Gasteiger partial charge in [0.15, 0.2) is 0 Å². The Bertz CT molecular complexity index is 595. The number of fused-ring (bicyclic) bond motifs is 1. The van der Waals surface area contributed by atoms with Gasteiger partial charge in [-0.3, -0.25) is 0 Å². The van der Waals surface area contributed by atoms with Crippen LogP contribution in [0.2, 0.25) is 5.02 Å². The van der Waals surface area contributed by atoms with Gasteiger partial charge in [-0.05, 0) is 29.3 Å². The van der Waals surface area contributed by atoms with Crippen LogP contribution in [0.1, 0.15) is 11.1 Å². The van der Waals surface area contributed by atoms with Gasteiger partial charge in [-0.25, -0.2) is 4.39 Å². The van der Waals surface area contributed by atoms with Gasteiger partial charge in [-0.1, -0.05) is 29.8 Å². The van der Waals surface area contributed by atoms with Gasteiger partial charge in [0.1, 0.15) is 11.6 Å². The topological polar surface area (TPSA) is 21.3 Å². The summed E-state index contributed by atoms with van der Waals surface area (Å²) >= 11 is 5.97. The third kappa shape index (κ3) is 2.51. The summed E-state index contributed by atoms with van der Waals surface area (Å²) in [6.45, 7) is 1.28. The largest absolute Gasteiger partial charge is 0.493 e. The smallest absolute Gasteiger partial charge is 0.147 e. The van der Waals surface area contributed by atoms with Gasteiger partial charge in [-0.15, -0.1) is 0 Å². The Morgan fingerprint density at radius 3 is 3.00 bits per heavy atom. The van der Waals surface area contributed by atoms with Crippen molar-refractivity contribution >= 4 is 17.3 Å². The number of para-hydroxylation sites is 1. The second kappa shape index (κ2) is 5.10. The molecule has 0 bridgehead atoms. The first-order chi connectivity index (χ1) is 9.24. The lowest BCUT2D eigenvalue weighted by atomic mass is 10.1. The molecule has 0 aromatic heterocycles. The number of hydrogen-bond donors (Lipinski definition) is 1. The third-order valence-corrected chi connectivity index (χ3v) is 3.50. The summed E-state index contributed by atoms with van der Waals surface area (Å²) in [5, 5.41) is 3.43. The Balaban J connectivity index is 1.76. The van der Waals surface area contributed by atoms with Crippen molar-refractivity contribution in [2.75, 3.05) is 11.9 Å². The molecule has 1 aliphatic rings. The molecule has 0 spiro atoms. The van der Waals surface area contributed by atoms with E-state index in [4.69, 9.17) is 16.3 Å². The lowest BCUT2D eigenvalue weighted by molar-refractivity contribution is 0.357. The Labute approximate surface area is 116 Å².